The molecule has 1 aliphatic rings. The van der Waals surface area contributed by atoms with Crippen molar-refractivity contribution in [2.75, 3.05) is 10.8 Å². The van der Waals surface area contributed by atoms with Crippen molar-refractivity contribution < 1.29 is 40.2 Å². The number of nitrogens with two attached hydrogens (primary N) is 1. The summed E-state index contributed by atoms with van der Waals surface area (Å²) in [6.45, 7) is 2.27. The number of anilines is 1. The molecule has 3 aromatic rings. The van der Waals surface area contributed by atoms with E-state index in [1.165, 1.54) is 44.2 Å². The number of carbonyl (C=O) groups excluding carboxylic acids is 1. The Morgan fingerprint density at radius 3 is 2.45 bits per heavy atom. The zero-order valence-electron chi connectivity index (χ0n) is 21.3. The Balaban J connectivity index is 1.74. The first-order valence-electron chi connectivity index (χ1n) is 12.0. The molecule has 0 spiro atoms. The molecule has 3 aromatic carbocycles. The summed E-state index contributed by atoms with van der Waals surface area (Å²) in [7, 11) is -4.56. The summed E-state index contributed by atoms with van der Waals surface area (Å²) >= 11 is 6.06. The number of alkyl halides is 3. The van der Waals surface area contributed by atoms with Crippen molar-refractivity contribution in [2.24, 2.45) is 5.73 Å². The molecule has 214 valence electrons. The molecule has 1 heterocycles. The van der Waals surface area contributed by atoms with Gasteiger partial charge in [-0.25, -0.2) is 12.8 Å². The largest absolute Gasteiger partial charge is 0.489 e. The number of primary amides is 1. The van der Waals surface area contributed by atoms with Gasteiger partial charge in [-0.15, -0.1) is 0 Å². The summed E-state index contributed by atoms with van der Waals surface area (Å²) in [6.07, 6.45) is -5.46. The van der Waals surface area contributed by atoms with Crippen LogP contribution in [0.2, 0.25) is 5.02 Å². The molecule has 0 aliphatic carbocycles. The van der Waals surface area contributed by atoms with E-state index in [1.807, 2.05) is 0 Å². The minimum Gasteiger partial charge on any atom is -0.489 e. The van der Waals surface area contributed by atoms with Crippen molar-refractivity contribution in [1.29, 1.82) is 0 Å². The monoisotopic (exact) mass is 600 g/mol. The predicted octanol–water partition coefficient (Wildman–Crippen LogP) is 5.48. The standard InChI is InChI=1S/C27H25ClF4N2O5S/c1-26(2,25(33)35)39-19-11-16-9-10-18(38-15-21-22(28)7-4-8-23(21)29)13-24(16)34(14-19)40(36,37)20-6-3-5-17(12-20)27(30,31)32/h3-10,12-13,19H,11,14-15H2,1-2H3,(H2,33,35)/t19-/m1/s1. The Labute approximate surface area is 233 Å². The minimum absolute atomic E-state index is 0.0949. The lowest BCUT2D eigenvalue weighted by atomic mass is 10.00. The Hall–Kier alpha value is -3.35. The van der Waals surface area contributed by atoms with E-state index in [0.29, 0.717) is 11.6 Å². The van der Waals surface area contributed by atoms with Crippen molar-refractivity contribution >= 4 is 33.2 Å². The topological polar surface area (TPSA) is 98.9 Å². The first kappa shape index (κ1) is 29.6. The maximum atomic E-state index is 14.2. The van der Waals surface area contributed by atoms with E-state index in [4.69, 9.17) is 26.8 Å². The van der Waals surface area contributed by atoms with E-state index in [0.717, 1.165) is 22.5 Å². The lowest BCUT2D eigenvalue weighted by Crippen LogP contribution is -2.50. The van der Waals surface area contributed by atoms with E-state index in [2.05, 4.69) is 0 Å². The molecule has 40 heavy (non-hydrogen) atoms. The molecule has 0 unspecified atom stereocenters. The molecule has 0 fully saturated rings. The number of amides is 1. The van der Waals surface area contributed by atoms with Crippen LogP contribution in [0, 0.1) is 5.82 Å². The van der Waals surface area contributed by atoms with Crippen molar-refractivity contribution in [3.8, 4) is 5.75 Å². The fourth-order valence-corrected chi connectivity index (χ4v) is 5.99. The predicted molar refractivity (Wildman–Crippen MR) is 140 cm³/mol. The van der Waals surface area contributed by atoms with E-state index < -0.39 is 50.1 Å². The molecule has 0 aromatic heterocycles. The van der Waals surface area contributed by atoms with Gasteiger partial charge in [0.1, 0.15) is 23.8 Å². The number of fused-ring (bicyclic) bond motifs is 1. The molecule has 1 atom stereocenters. The highest BCUT2D eigenvalue weighted by molar-refractivity contribution is 7.92. The van der Waals surface area contributed by atoms with Crippen molar-refractivity contribution in [3.63, 3.8) is 0 Å². The third-order valence-electron chi connectivity index (χ3n) is 6.39. The van der Waals surface area contributed by atoms with Gasteiger partial charge in [-0.1, -0.05) is 29.8 Å². The van der Waals surface area contributed by atoms with Crippen LogP contribution < -0.4 is 14.8 Å². The van der Waals surface area contributed by atoms with Crippen molar-refractivity contribution in [2.45, 2.75) is 49.7 Å². The second-order valence-corrected chi connectivity index (χ2v) is 11.9. The van der Waals surface area contributed by atoms with Crippen LogP contribution in [0.15, 0.2) is 65.6 Å². The van der Waals surface area contributed by atoms with Gasteiger partial charge < -0.3 is 15.2 Å². The highest BCUT2D eigenvalue weighted by atomic mass is 35.5. The van der Waals surface area contributed by atoms with Crippen LogP contribution in [-0.4, -0.2) is 32.6 Å². The molecular formula is C27H25ClF4N2O5S. The van der Waals surface area contributed by atoms with Crippen molar-refractivity contribution in [3.05, 3.63) is 88.2 Å². The van der Waals surface area contributed by atoms with Crippen LogP contribution in [0.5, 0.6) is 5.75 Å². The summed E-state index contributed by atoms with van der Waals surface area (Å²) < 4.78 is 94.3. The summed E-state index contributed by atoms with van der Waals surface area (Å²) in [5.74, 6) is -1.20. The quantitative estimate of drug-likeness (QED) is 0.345. The molecule has 1 amide bonds. The Morgan fingerprint density at radius 2 is 1.80 bits per heavy atom. The molecule has 0 saturated carbocycles. The first-order chi connectivity index (χ1) is 18.6. The van der Waals surface area contributed by atoms with Gasteiger partial charge in [0.15, 0.2) is 0 Å². The van der Waals surface area contributed by atoms with E-state index >= 15 is 0 Å². The lowest BCUT2D eigenvalue weighted by molar-refractivity contribution is -0.145. The number of rotatable bonds is 8. The highest BCUT2D eigenvalue weighted by Gasteiger charge is 2.39. The molecule has 1 aliphatic heterocycles. The second-order valence-electron chi connectivity index (χ2n) is 9.66. The zero-order valence-corrected chi connectivity index (χ0v) is 22.9. The van der Waals surface area contributed by atoms with Gasteiger partial charge >= 0.3 is 6.18 Å². The van der Waals surface area contributed by atoms with Crippen LogP contribution in [-0.2, 0) is 38.8 Å². The van der Waals surface area contributed by atoms with Crippen LogP contribution >= 0.6 is 11.6 Å². The number of carbonyl (C=O) groups is 1. The number of sulfonamides is 1. The fourth-order valence-electron chi connectivity index (χ4n) is 4.20. The van der Waals surface area contributed by atoms with E-state index in [9.17, 15) is 30.8 Å². The molecule has 0 radical (unpaired) electrons. The number of nitrogens with zero attached hydrogens (tertiary/aromatic N) is 1. The number of hydrogen-bond acceptors (Lipinski definition) is 5. The molecule has 2 N–H and O–H groups in total. The molecule has 0 saturated heterocycles. The van der Waals surface area contributed by atoms with Gasteiger partial charge in [-0.2, -0.15) is 13.2 Å². The van der Waals surface area contributed by atoms with E-state index in [-0.39, 0.29) is 41.6 Å². The third kappa shape index (κ3) is 6.18. The van der Waals surface area contributed by atoms with E-state index in [1.54, 1.807) is 6.07 Å². The molecule has 0 bridgehead atoms. The minimum atomic E-state index is -4.77. The Bertz CT molecular complexity index is 1530. The average molecular weight is 601 g/mol. The Kier molecular flexibility index (Phi) is 8.08. The second kappa shape index (κ2) is 10.9. The van der Waals surface area contributed by atoms with Gasteiger partial charge in [0, 0.05) is 18.1 Å². The molecule has 4 rings (SSSR count). The smallest absolute Gasteiger partial charge is 0.416 e. The first-order valence-corrected chi connectivity index (χ1v) is 13.8. The Morgan fingerprint density at radius 1 is 1.10 bits per heavy atom. The molecule has 13 heteroatoms. The SMILES string of the molecule is CC(C)(O[C@@H]1Cc2ccc(OCc3c(F)cccc3Cl)cc2N(S(=O)(=O)c2cccc(C(F)(F)F)c2)C1)C(N)=O. The van der Waals surface area contributed by atoms with Crippen LogP contribution in [0.4, 0.5) is 23.2 Å². The average Bonchev–Trinajstić information content (AvgIpc) is 2.87. The van der Waals surface area contributed by atoms with Crippen LogP contribution in [0.1, 0.15) is 30.5 Å². The molecule has 7 nitrogen and oxygen atoms in total. The number of ether oxygens (including phenoxy) is 2. The van der Waals surface area contributed by atoms with Gasteiger partial charge in [0.2, 0.25) is 5.91 Å². The normalized spacial score (nSPS) is 16.0. The summed E-state index contributed by atoms with van der Waals surface area (Å²) in [5.41, 5.74) is 3.52. The maximum Gasteiger partial charge on any atom is 0.416 e. The summed E-state index contributed by atoms with van der Waals surface area (Å²) in [6, 6.07) is 12.0. The number of halogens is 5. The number of hydrogen-bond donors (Lipinski definition) is 1. The highest BCUT2D eigenvalue weighted by Crippen LogP contribution is 2.38. The van der Waals surface area contributed by atoms with Gasteiger partial charge in [-0.05, 0) is 55.8 Å². The third-order valence-corrected chi connectivity index (χ3v) is 8.52. The van der Waals surface area contributed by atoms with Gasteiger partial charge in [0.05, 0.1) is 33.8 Å². The zero-order chi connectivity index (χ0) is 29.5. The lowest BCUT2D eigenvalue weighted by Gasteiger charge is -2.38. The fraction of sp³-hybridized carbons (Fsp3) is 0.296. The summed E-state index contributed by atoms with van der Waals surface area (Å²) in [4.78, 5) is 11.3. The van der Waals surface area contributed by atoms with Crippen molar-refractivity contribution in [1.82, 2.24) is 0 Å². The molecular weight excluding hydrogens is 576 g/mol. The van der Waals surface area contributed by atoms with Gasteiger partial charge in [0.25, 0.3) is 10.0 Å². The summed E-state index contributed by atoms with van der Waals surface area (Å²) in [5, 5.41) is 0.142. The maximum absolute atomic E-state index is 14.2. The van der Waals surface area contributed by atoms with Gasteiger partial charge in [-0.3, -0.25) is 9.10 Å². The van der Waals surface area contributed by atoms with Crippen LogP contribution in [0.25, 0.3) is 0 Å². The number of benzene rings is 3. The van der Waals surface area contributed by atoms with Crippen LogP contribution in [0.3, 0.4) is 0 Å².